The molecule has 1 heteroatoms. The maximum absolute atomic E-state index is 10.6. The Morgan fingerprint density at radius 3 is 2.59 bits per heavy atom. The number of rotatable bonds is 3. The minimum absolute atomic E-state index is 0.445. The van der Waals surface area contributed by atoms with Crippen LogP contribution in [0.4, 0.5) is 0 Å². The highest BCUT2D eigenvalue weighted by Crippen LogP contribution is 2.35. The van der Waals surface area contributed by atoms with Crippen LogP contribution < -0.4 is 0 Å². The van der Waals surface area contributed by atoms with Gasteiger partial charge in [0.1, 0.15) is 0 Å². The molecule has 0 radical (unpaired) electrons. The standard InChI is InChI=1S/C16H24O/c1-3-14-7-9-16(17,10-8-14)12-15-6-4-5-13(2)11-15/h4-6,11,14,17H,3,7-10,12H2,1-2H3. The molecular weight excluding hydrogens is 208 g/mol. The zero-order valence-corrected chi connectivity index (χ0v) is 11.1. The van der Waals surface area contributed by atoms with E-state index in [1.165, 1.54) is 30.4 Å². The first kappa shape index (κ1) is 12.6. The lowest BCUT2D eigenvalue weighted by Crippen LogP contribution is -2.36. The summed E-state index contributed by atoms with van der Waals surface area (Å²) in [5.74, 6) is 0.841. The number of benzene rings is 1. The van der Waals surface area contributed by atoms with E-state index in [-0.39, 0.29) is 0 Å². The number of aliphatic hydroxyl groups is 1. The van der Waals surface area contributed by atoms with Gasteiger partial charge in [0.25, 0.3) is 0 Å². The van der Waals surface area contributed by atoms with Gasteiger partial charge >= 0.3 is 0 Å². The molecule has 1 fully saturated rings. The molecule has 1 aromatic carbocycles. The van der Waals surface area contributed by atoms with Gasteiger partial charge in [0, 0.05) is 6.42 Å². The normalized spacial score (nSPS) is 29.2. The highest BCUT2D eigenvalue weighted by molar-refractivity contribution is 5.23. The number of hydrogen-bond acceptors (Lipinski definition) is 1. The van der Waals surface area contributed by atoms with E-state index in [0.29, 0.717) is 0 Å². The predicted octanol–water partition coefficient (Wildman–Crippen LogP) is 3.87. The van der Waals surface area contributed by atoms with Crippen LogP contribution in [0.5, 0.6) is 0 Å². The average Bonchev–Trinajstić information content (AvgIpc) is 2.29. The molecule has 0 aliphatic heterocycles. The summed E-state index contributed by atoms with van der Waals surface area (Å²) < 4.78 is 0. The van der Waals surface area contributed by atoms with Crippen molar-refractivity contribution in [2.45, 2.75) is 58.0 Å². The second-order valence-corrected chi connectivity index (χ2v) is 5.74. The van der Waals surface area contributed by atoms with Crippen LogP contribution in [0.15, 0.2) is 24.3 Å². The molecule has 94 valence electrons. The fourth-order valence-electron chi connectivity index (χ4n) is 3.00. The molecule has 0 saturated heterocycles. The zero-order chi connectivity index (χ0) is 12.3. The van der Waals surface area contributed by atoms with Crippen LogP contribution in [-0.2, 0) is 6.42 Å². The van der Waals surface area contributed by atoms with Crippen molar-refractivity contribution in [3.8, 4) is 0 Å². The van der Waals surface area contributed by atoms with E-state index >= 15 is 0 Å². The van der Waals surface area contributed by atoms with E-state index in [4.69, 9.17) is 0 Å². The Labute approximate surface area is 105 Å². The third kappa shape index (κ3) is 3.32. The summed E-state index contributed by atoms with van der Waals surface area (Å²) in [5, 5.41) is 10.6. The Morgan fingerprint density at radius 2 is 2.00 bits per heavy atom. The summed E-state index contributed by atoms with van der Waals surface area (Å²) in [6, 6.07) is 8.54. The van der Waals surface area contributed by atoms with Crippen LogP contribution in [-0.4, -0.2) is 10.7 Å². The van der Waals surface area contributed by atoms with Gasteiger partial charge < -0.3 is 5.11 Å². The Bertz CT molecular complexity index is 362. The van der Waals surface area contributed by atoms with Gasteiger partial charge in [-0.3, -0.25) is 0 Å². The largest absolute Gasteiger partial charge is 0.390 e. The zero-order valence-electron chi connectivity index (χ0n) is 11.1. The summed E-state index contributed by atoms with van der Waals surface area (Å²) >= 11 is 0. The monoisotopic (exact) mass is 232 g/mol. The number of aryl methyl sites for hydroxylation is 1. The fourth-order valence-corrected chi connectivity index (χ4v) is 3.00. The Hall–Kier alpha value is -0.820. The minimum Gasteiger partial charge on any atom is -0.390 e. The summed E-state index contributed by atoms with van der Waals surface area (Å²) in [6.45, 7) is 4.37. The van der Waals surface area contributed by atoms with Crippen LogP contribution >= 0.6 is 0 Å². The van der Waals surface area contributed by atoms with Crippen molar-refractivity contribution in [3.63, 3.8) is 0 Å². The molecule has 0 atom stereocenters. The first-order valence-corrected chi connectivity index (χ1v) is 6.89. The molecule has 1 aliphatic rings. The Balaban J connectivity index is 1.99. The van der Waals surface area contributed by atoms with Crippen molar-refractivity contribution in [2.24, 2.45) is 5.92 Å². The topological polar surface area (TPSA) is 20.2 Å². The van der Waals surface area contributed by atoms with Gasteiger partial charge in [-0.05, 0) is 44.1 Å². The van der Waals surface area contributed by atoms with Crippen LogP contribution in [0.1, 0.15) is 50.2 Å². The molecule has 0 amide bonds. The van der Waals surface area contributed by atoms with Crippen LogP contribution in [0.25, 0.3) is 0 Å². The molecular formula is C16H24O. The van der Waals surface area contributed by atoms with Gasteiger partial charge in [-0.15, -0.1) is 0 Å². The van der Waals surface area contributed by atoms with E-state index in [0.717, 1.165) is 25.2 Å². The maximum Gasteiger partial charge on any atom is 0.0688 e. The van der Waals surface area contributed by atoms with Crippen LogP contribution in [0.3, 0.4) is 0 Å². The van der Waals surface area contributed by atoms with E-state index in [1.807, 2.05) is 0 Å². The van der Waals surface area contributed by atoms with E-state index in [2.05, 4.69) is 38.1 Å². The van der Waals surface area contributed by atoms with E-state index in [1.54, 1.807) is 0 Å². The molecule has 1 nitrogen and oxygen atoms in total. The molecule has 1 N–H and O–H groups in total. The molecule has 0 unspecified atom stereocenters. The summed E-state index contributed by atoms with van der Waals surface area (Å²) in [6.07, 6.45) is 6.42. The SMILES string of the molecule is CCC1CCC(O)(Cc2cccc(C)c2)CC1. The first-order chi connectivity index (χ1) is 8.11. The molecule has 0 aromatic heterocycles. The van der Waals surface area contributed by atoms with Gasteiger partial charge in [-0.2, -0.15) is 0 Å². The summed E-state index contributed by atoms with van der Waals surface area (Å²) in [4.78, 5) is 0. The second-order valence-electron chi connectivity index (χ2n) is 5.74. The van der Waals surface area contributed by atoms with Gasteiger partial charge in [-0.25, -0.2) is 0 Å². The lowest BCUT2D eigenvalue weighted by Gasteiger charge is -2.36. The second kappa shape index (κ2) is 5.22. The molecule has 0 bridgehead atoms. The van der Waals surface area contributed by atoms with Crippen molar-refractivity contribution in [2.75, 3.05) is 0 Å². The van der Waals surface area contributed by atoms with Gasteiger partial charge in [-0.1, -0.05) is 43.2 Å². The molecule has 1 aromatic rings. The average molecular weight is 232 g/mol. The molecule has 0 spiro atoms. The van der Waals surface area contributed by atoms with Crippen molar-refractivity contribution in [1.29, 1.82) is 0 Å². The minimum atomic E-state index is -0.445. The van der Waals surface area contributed by atoms with Crippen LogP contribution in [0, 0.1) is 12.8 Å². The third-order valence-corrected chi connectivity index (χ3v) is 4.23. The molecule has 1 aliphatic carbocycles. The molecule has 1 saturated carbocycles. The van der Waals surface area contributed by atoms with Gasteiger partial charge in [0.05, 0.1) is 5.60 Å². The van der Waals surface area contributed by atoms with Crippen molar-refractivity contribution in [1.82, 2.24) is 0 Å². The lowest BCUT2D eigenvalue weighted by molar-refractivity contribution is -0.00922. The highest BCUT2D eigenvalue weighted by atomic mass is 16.3. The number of hydrogen-bond donors (Lipinski definition) is 1. The van der Waals surface area contributed by atoms with Crippen molar-refractivity contribution in [3.05, 3.63) is 35.4 Å². The third-order valence-electron chi connectivity index (χ3n) is 4.23. The summed E-state index contributed by atoms with van der Waals surface area (Å²) in [7, 11) is 0. The lowest BCUT2D eigenvalue weighted by atomic mass is 9.75. The van der Waals surface area contributed by atoms with Crippen molar-refractivity contribution < 1.29 is 5.11 Å². The fraction of sp³-hybridized carbons (Fsp3) is 0.625. The highest BCUT2D eigenvalue weighted by Gasteiger charge is 2.32. The van der Waals surface area contributed by atoms with Gasteiger partial charge in [0.2, 0.25) is 0 Å². The smallest absolute Gasteiger partial charge is 0.0688 e. The maximum atomic E-state index is 10.6. The van der Waals surface area contributed by atoms with E-state index in [9.17, 15) is 5.11 Å². The molecule has 17 heavy (non-hydrogen) atoms. The Kier molecular flexibility index (Phi) is 3.88. The van der Waals surface area contributed by atoms with Gasteiger partial charge in [0.15, 0.2) is 0 Å². The van der Waals surface area contributed by atoms with Crippen molar-refractivity contribution >= 4 is 0 Å². The predicted molar refractivity (Wildman–Crippen MR) is 72.1 cm³/mol. The molecule has 0 heterocycles. The quantitative estimate of drug-likeness (QED) is 0.838. The molecule has 2 rings (SSSR count). The summed E-state index contributed by atoms with van der Waals surface area (Å²) in [5.41, 5.74) is 2.12. The Morgan fingerprint density at radius 1 is 1.29 bits per heavy atom. The van der Waals surface area contributed by atoms with Crippen LogP contribution in [0.2, 0.25) is 0 Å². The van der Waals surface area contributed by atoms with E-state index < -0.39 is 5.60 Å². The first-order valence-electron chi connectivity index (χ1n) is 6.89.